The molecule has 4 rings (SSSR count). The second-order valence-corrected chi connectivity index (χ2v) is 6.59. The number of ether oxygens (including phenoxy) is 2. The van der Waals surface area contributed by atoms with E-state index in [2.05, 4.69) is 25.6 Å². The van der Waals surface area contributed by atoms with Gasteiger partial charge >= 0.3 is 0 Å². The number of fused-ring (bicyclic) bond motifs is 3. The van der Waals surface area contributed by atoms with E-state index in [1.807, 2.05) is 10.6 Å². The molecule has 1 aliphatic heterocycles. The van der Waals surface area contributed by atoms with Crippen LogP contribution in [0, 0.1) is 0 Å². The Morgan fingerprint density at radius 3 is 2.73 bits per heavy atom. The van der Waals surface area contributed by atoms with Crippen molar-refractivity contribution in [3.05, 3.63) is 41.6 Å². The van der Waals surface area contributed by atoms with Crippen molar-refractivity contribution in [2.24, 2.45) is 4.99 Å². The van der Waals surface area contributed by atoms with Gasteiger partial charge in [-0.25, -0.2) is 9.97 Å². The fraction of sp³-hybridized carbons (Fsp3) is 0.250. The molecule has 3 aromatic rings. The lowest BCUT2D eigenvalue weighted by Crippen LogP contribution is -2.25. The lowest BCUT2D eigenvalue weighted by Gasteiger charge is -2.12. The third-order valence-corrected chi connectivity index (χ3v) is 4.63. The molecule has 2 amide bonds. The van der Waals surface area contributed by atoms with Gasteiger partial charge in [-0.2, -0.15) is 4.99 Å². The largest absolute Gasteiger partial charge is 0.497 e. The van der Waals surface area contributed by atoms with Crippen LogP contribution >= 0.6 is 0 Å². The Bertz CT molecular complexity index is 1220. The summed E-state index contributed by atoms with van der Waals surface area (Å²) in [6.07, 6.45) is 1.37. The van der Waals surface area contributed by atoms with Crippen LogP contribution in [0.4, 0.5) is 11.6 Å². The number of nitrogens with zero attached hydrogens (tertiary/aromatic N) is 4. The summed E-state index contributed by atoms with van der Waals surface area (Å²) in [4.78, 5) is 36.7. The van der Waals surface area contributed by atoms with Crippen molar-refractivity contribution < 1.29 is 19.1 Å². The first-order chi connectivity index (χ1) is 14.5. The van der Waals surface area contributed by atoms with Crippen molar-refractivity contribution >= 4 is 34.4 Å². The van der Waals surface area contributed by atoms with Gasteiger partial charge in [0.2, 0.25) is 11.5 Å². The number of hydrogen-bond acceptors (Lipinski definition) is 7. The van der Waals surface area contributed by atoms with Gasteiger partial charge in [0.25, 0.3) is 5.91 Å². The zero-order valence-electron chi connectivity index (χ0n) is 16.7. The molecule has 1 aromatic carbocycles. The van der Waals surface area contributed by atoms with E-state index in [1.165, 1.54) is 13.1 Å². The van der Waals surface area contributed by atoms with E-state index in [4.69, 9.17) is 9.47 Å². The number of aromatic nitrogens is 3. The fourth-order valence-corrected chi connectivity index (χ4v) is 3.26. The molecule has 0 atom stereocenters. The first kappa shape index (κ1) is 19.4. The van der Waals surface area contributed by atoms with Gasteiger partial charge in [0, 0.05) is 37.7 Å². The zero-order valence-corrected chi connectivity index (χ0v) is 16.7. The fourth-order valence-electron chi connectivity index (χ4n) is 3.26. The van der Waals surface area contributed by atoms with Gasteiger partial charge in [-0.05, 0) is 18.2 Å². The van der Waals surface area contributed by atoms with Gasteiger partial charge in [-0.1, -0.05) is 0 Å². The highest BCUT2D eigenvalue weighted by Gasteiger charge is 2.19. The molecular formula is C20H20N6O4. The second-order valence-electron chi connectivity index (χ2n) is 6.59. The van der Waals surface area contributed by atoms with Crippen LogP contribution < -0.4 is 25.7 Å². The molecule has 0 saturated heterocycles. The number of nitrogens with one attached hydrogen (secondary N) is 2. The van der Waals surface area contributed by atoms with Crippen LogP contribution in [0.15, 0.2) is 35.5 Å². The van der Waals surface area contributed by atoms with Gasteiger partial charge in [0.1, 0.15) is 28.7 Å². The van der Waals surface area contributed by atoms with Crippen LogP contribution in [0.25, 0.3) is 10.9 Å². The van der Waals surface area contributed by atoms with E-state index in [1.54, 1.807) is 32.4 Å². The van der Waals surface area contributed by atoms with Gasteiger partial charge in [-0.3, -0.25) is 14.2 Å². The standard InChI is InChI=1S/C20H20N6O4/c1-11(27)23-16-5-4-12(10-22-16)19(28)25-20-24-17-14(18-21-6-7-26(18)20)8-13(29-2)9-15(17)30-3/h4-5,8-10,21H,6-7H2,1-3H3,(H,22,23,27). The molecular weight excluding hydrogens is 388 g/mol. The SMILES string of the molecule is COc1cc(OC)c2nc(=NC(=O)c3ccc(NC(C)=O)nc3)n3c(c2c1)NCC3. The Morgan fingerprint density at radius 1 is 1.23 bits per heavy atom. The molecule has 0 fully saturated rings. The van der Waals surface area contributed by atoms with Crippen molar-refractivity contribution in [2.45, 2.75) is 13.5 Å². The number of benzene rings is 1. The summed E-state index contributed by atoms with van der Waals surface area (Å²) < 4.78 is 12.7. The molecule has 2 aromatic heterocycles. The van der Waals surface area contributed by atoms with E-state index in [0.29, 0.717) is 35.9 Å². The molecule has 0 bridgehead atoms. The van der Waals surface area contributed by atoms with Crippen LogP contribution in [0.2, 0.25) is 0 Å². The zero-order chi connectivity index (χ0) is 21.3. The monoisotopic (exact) mass is 408 g/mol. The molecule has 0 aliphatic carbocycles. The van der Waals surface area contributed by atoms with Gasteiger partial charge in [0.15, 0.2) is 0 Å². The number of methoxy groups -OCH3 is 2. The first-order valence-electron chi connectivity index (χ1n) is 9.23. The number of pyridine rings is 1. The average molecular weight is 408 g/mol. The van der Waals surface area contributed by atoms with Crippen molar-refractivity contribution in [3.8, 4) is 11.5 Å². The van der Waals surface area contributed by atoms with Gasteiger partial charge in [-0.15, -0.1) is 0 Å². The molecule has 0 saturated carbocycles. The van der Waals surface area contributed by atoms with E-state index >= 15 is 0 Å². The molecule has 10 nitrogen and oxygen atoms in total. The van der Waals surface area contributed by atoms with Crippen molar-refractivity contribution in [2.75, 3.05) is 31.4 Å². The number of amides is 2. The number of hydrogen-bond donors (Lipinski definition) is 2. The topological polar surface area (TPSA) is 120 Å². The summed E-state index contributed by atoms with van der Waals surface area (Å²) in [5.74, 6) is 1.59. The number of anilines is 2. The highest BCUT2D eigenvalue weighted by Crippen LogP contribution is 2.33. The molecule has 3 heterocycles. The molecule has 30 heavy (non-hydrogen) atoms. The highest BCUT2D eigenvalue weighted by atomic mass is 16.5. The maximum Gasteiger partial charge on any atom is 0.281 e. The number of carbonyl (C=O) groups is 2. The third-order valence-electron chi connectivity index (χ3n) is 4.63. The van der Waals surface area contributed by atoms with Crippen LogP contribution in [-0.4, -0.2) is 47.1 Å². The smallest absolute Gasteiger partial charge is 0.281 e. The predicted octanol–water partition coefficient (Wildman–Crippen LogP) is 1.57. The molecule has 0 radical (unpaired) electrons. The third kappa shape index (κ3) is 3.54. The van der Waals surface area contributed by atoms with Gasteiger partial charge in [0.05, 0.1) is 19.8 Å². The van der Waals surface area contributed by atoms with Crippen LogP contribution in [0.5, 0.6) is 11.5 Å². The second kappa shape index (κ2) is 7.82. The lowest BCUT2D eigenvalue weighted by atomic mass is 10.2. The Labute approximate surface area is 171 Å². The maximum absolute atomic E-state index is 12.7. The Hall–Kier alpha value is -3.95. The molecule has 10 heteroatoms. The van der Waals surface area contributed by atoms with E-state index < -0.39 is 5.91 Å². The van der Waals surface area contributed by atoms with E-state index in [9.17, 15) is 9.59 Å². The highest BCUT2D eigenvalue weighted by molar-refractivity contribution is 5.96. The number of carbonyl (C=O) groups excluding carboxylic acids is 2. The first-order valence-corrected chi connectivity index (χ1v) is 9.23. The summed E-state index contributed by atoms with van der Waals surface area (Å²) >= 11 is 0. The van der Waals surface area contributed by atoms with Crippen LogP contribution in [0.3, 0.4) is 0 Å². The summed E-state index contributed by atoms with van der Waals surface area (Å²) in [5.41, 5.74) is 1.12. The van der Waals surface area contributed by atoms with Crippen LogP contribution in [0.1, 0.15) is 17.3 Å². The molecule has 0 spiro atoms. The normalized spacial score (nSPS) is 13.0. The minimum Gasteiger partial charge on any atom is -0.497 e. The van der Waals surface area contributed by atoms with Crippen molar-refractivity contribution in [3.63, 3.8) is 0 Å². The lowest BCUT2D eigenvalue weighted by molar-refractivity contribution is -0.114. The minimum atomic E-state index is -0.488. The molecule has 2 N–H and O–H groups in total. The van der Waals surface area contributed by atoms with E-state index in [-0.39, 0.29) is 17.1 Å². The summed E-state index contributed by atoms with van der Waals surface area (Å²) in [7, 11) is 3.14. The predicted molar refractivity (Wildman–Crippen MR) is 110 cm³/mol. The van der Waals surface area contributed by atoms with Gasteiger partial charge < -0.3 is 20.1 Å². The Morgan fingerprint density at radius 2 is 2.07 bits per heavy atom. The summed E-state index contributed by atoms with van der Waals surface area (Å²) in [5, 5.41) is 6.68. The Kier molecular flexibility index (Phi) is 5.05. The molecule has 154 valence electrons. The van der Waals surface area contributed by atoms with Crippen molar-refractivity contribution in [1.29, 1.82) is 0 Å². The summed E-state index contributed by atoms with van der Waals surface area (Å²) in [6.45, 7) is 2.69. The van der Waals surface area contributed by atoms with E-state index in [0.717, 1.165) is 11.2 Å². The maximum atomic E-state index is 12.7. The molecule has 1 aliphatic rings. The molecule has 0 unspecified atom stereocenters. The summed E-state index contributed by atoms with van der Waals surface area (Å²) in [6, 6.07) is 6.70. The quantitative estimate of drug-likeness (QED) is 0.672. The van der Waals surface area contributed by atoms with Crippen molar-refractivity contribution in [1.82, 2.24) is 14.5 Å². The number of rotatable bonds is 4. The Balaban J connectivity index is 1.81. The minimum absolute atomic E-state index is 0.239. The van der Waals surface area contributed by atoms with Crippen LogP contribution in [-0.2, 0) is 11.3 Å². The average Bonchev–Trinajstić information content (AvgIpc) is 3.24.